The molecule has 0 aliphatic carbocycles. The molecule has 0 aromatic rings. The highest BCUT2D eigenvalue weighted by Gasteiger charge is 2.16. The van der Waals surface area contributed by atoms with Gasteiger partial charge in [0.25, 0.3) is 0 Å². The zero-order valence-corrected chi connectivity index (χ0v) is 14.4. The van der Waals surface area contributed by atoms with Gasteiger partial charge in [-0.15, -0.1) is 12.4 Å². The molecule has 0 spiro atoms. The average molecular weight is 321 g/mol. The molecular weight excluding hydrogens is 288 g/mol. The summed E-state index contributed by atoms with van der Waals surface area (Å²) in [7, 11) is 0. The molecule has 3 N–H and O–H groups in total. The van der Waals surface area contributed by atoms with Crippen molar-refractivity contribution < 1.29 is 9.90 Å². The molecule has 1 aliphatic rings. The second kappa shape index (κ2) is 12.2. The highest BCUT2D eigenvalue weighted by molar-refractivity contribution is 5.85. The minimum Gasteiger partial charge on any atom is -0.396 e. The predicted octanol–water partition coefficient (Wildman–Crippen LogP) is 2.35. The molecule has 126 valence electrons. The van der Waals surface area contributed by atoms with E-state index in [0.29, 0.717) is 30.7 Å². The van der Waals surface area contributed by atoms with Gasteiger partial charge >= 0.3 is 0 Å². The molecule has 1 unspecified atom stereocenters. The first kappa shape index (κ1) is 20.7. The second-order valence-corrected chi connectivity index (χ2v) is 6.54. The van der Waals surface area contributed by atoms with Crippen molar-refractivity contribution in [3.8, 4) is 0 Å². The third-order valence-electron chi connectivity index (χ3n) is 4.17. The summed E-state index contributed by atoms with van der Waals surface area (Å²) in [5.74, 6) is 1.90. The van der Waals surface area contributed by atoms with Gasteiger partial charge in [0.2, 0.25) is 5.91 Å². The van der Waals surface area contributed by atoms with Gasteiger partial charge < -0.3 is 15.7 Å². The fourth-order valence-corrected chi connectivity index (χ4v) is 3.00. The summed E-state index contributed by atoms with van der Waals surface area (Å²) in [5, 5.41) is 15.5. The van der Waals surface area contributed by atoms with Crippen molar-refractivity contribution in [3.05, 3.63) is 0 Å². The van der Waals surface area contributed by atoms with Crippen LogP contribution in [0.1, 0.15) is 52.4 Å². The molecule has 0 bridgehead atoms. The van der Waals surface area contributed by atoms with E-state index >= 15 is 0 Å². The number of carbonyl (C=O) groups is 1. The lowest BCUT2D eigenvalue weighted by Crippen LogP contribution is -2.32. The molecule has 1 heterocycles. The van der Waals surface area contributed by atoms with Crippen LogP contribution in [0.2, 0.25) is 0 Å². The molecule has 0 radical (unpaired) electrons. The molecule has 1 fully saturated rings. The Morgan fingerprint density at radius 3 is 2.57 bits per heavy atom. The Morgan fingerprint density at radius 1 is 1.33 bits per heavy atom. The minimum absolute atomic E-state index is 0. The van der Waals surface area contributed by atoms with Crippen LogP contribution in [-0.2, 0) is 4.79 Å². The Labute approximate surface area is 135 Å². The maximum atomic E-state index is 11.9. The van der Waals surface area contributed by atoms with Gasteiger partial charge in [0.1, 0.15) is 0 Å². The maximum absolute atomic E-state index is 11.9. The molecule has 1 aliphatic heterocycles. The molecule has 21 heavy (non-hydrogen) atoms. The number of halogens is 1. The van der Waals surface area contributed by atoms with Crippen molar-refractivity contribution in [1.82, 2.24) is 10.6 Å². The molecule has 0 aromatic heterocycles. The van der Waals surface area contributed by atoms with Crippen LogP contribution in [0.25, 0.3) is 0 Å². The lowest BCUT2D eigenvalue weighted by atomic mass is 9.92. The lowest BCUT2D eigenvalue weighted by Gasteiger charge is -2.22. The van der Waals surface area contributed by atoms with Gasteiger partial charge in [0.15, 0.2) is 0 Å². The van der Waals surface area contributed by atoms with Crippen LogP contribution in [0.4, 0.5) is 0 Å². The van der Waals surface area contributed by atoms with E-state index in [1.54, 1.807) is 0 Å². The summed E-state index contributed by atoms with van der Waals surface area (Å²) in [4.78, 5) is 11.9. The van der Waals surface area contributed by atoms with Gasteiger partial charge in [-0.2, -0.15) is 0 Å². The molecule has 1 saturated heterocycles. The van der Waals surface area contributed by atoms with Crippen molar-refractivity contribution in [3.63, 3.8) is 0 Å². The zero-order valence-electron chi connectivity index (χ0n) is 13.6. The monoisotopic (exact) mass is 320 g/mol. The second-order valence-electron chi connectivity index (χ2n) is 6.54. The molecule has 0 saturated carbocycles. The van der Waals surface area contributed by atoms with Crippen molar-refractivity contribution in [2.45, 2.75) is 52.4 Å². The fourth-order valence-electron chi connectivity index (χ4n) is 3.00. The smallest absolute Gasteiger partial charge is 0.220 e. The van der Waals surface area contributed by atoms with E-state index in [-0.39, 0.29) is 24.9 Å². The Hall–Kier alpha value is -0.320. The van der Waals surface area contributed by atoms with Crippen molar-refractivity contribution >= 4 is 18.3 Å². The molecule has 5 heteroatoms. The van der Waals surface area contributed by atoms with Crippen molar-refractivity contribution in [2.75, 3.05) is 26.2 Å². The van der Waals surface area contributed by atoms with Gasteiger partial charge in [-0.25, -0.2) is 0 Å². The van der Waals surface area contributed by atoms with E-state index in [1.807, 2.05) is 0 Å². The third-order valence-corrected chi connectivity index (χ3v) is 4.17. The van der Waals surface area contributed by atoms with Gasteiger partial charge in [-0.1, -0.05) is 13.8 Å². The standard InChI is InChI=1S/C16H32N2O2.ClH/c1-13(2)11-15(7-10-19)12-18-16(20)4-3-14-5-8-17-9-6-14;/h13-15,17,19H,3-12H2,1-2H3,(H,18,20);1H. The normalized spacial score (nSPS) is 17.3. The number of rotatable bonds is 9. The van der Waals surface area contributed by atoms with Gasteiger partial charge in [0.05, 0.1) is 0 Å². The number of carbonyl (C=O) groups excluding carboxylic acids is 1. The van der Waals surface area contributed by atoms with Gasteiger partial charge in [-0.3, -0.25) is 4.79 Å². The molecule has 1 amide bonds. The number of amides is 1. The highest BCUT2D eigenvalue weighted by Crippen LogP contribution is 2.18. The van der Waals surface area contributed by atoms with Crippen molar-refractivity contribution in [2.24, 2.45) is 17.8 Å². The van der Waals surface area contributed by atoms with E-state index < -0.39 is 0 Å². The lowest BCUT2D eigenvalue weighted by molar-refractivity contribution is -0.121. The predicted molar refractivity (Wildman–Crippen MR) is 89.7 cm³/mol. The number of piperidine rings is 1. The van der Waals surface area contributed by atoms with Gasteiger partial charge in [0, 0.05) is 19.6 Å². The number of hydrogen-bond donors (Lipinski definition) is 3. The van der Waals surface area contributed by atoms with Crippen LogP contribution in [0.15, 0.2) is 0 Å². The SMILES string of the molecule is CC(C)CC(CCO)CNC(=O)CCC1CCNCC1.Cl. The first-order chi connectivity index (χ1) is 9.61. The Kier molecular flexibility index (Phi) is 12.1. The van der Waals surface area contributed by atoms with E-state index in [4.69, 9.17) is 5.11 Å². The van der Waals surface area contributed by atoms with E-state index in [1.165, 1.54) is 12.8 Å². The van der Waals surface area contributed by atoms with Gasteiger partial charge in [-0.05, 0) is 62.9 Å². The fraction of sp³-hybridized carbons (Fsp3) is 0.938. The van der Waals surface area contributed by atoms with Crippen LogP contribution >= 0.6 is 12.4 Å². The van der Waals surface area contributed by atoms with Crippen LogP contribution in [0.3, 0.4) is 0 Å². The number of aliphatic hydroxyl groups is 1. The van der Waals surface area contributed by atoms with Crippen LogP contribution in [0.5, 0.6) is 0 Å². The molecular formula is C16H33ClN2O2. The quantitative estimate of drug-likeness (QED) is 0.611. The zero-order chi connectivity index (χ0) is 14.8. The largest absolute Gasteiger partial charge is 0.396 e. The third kappa shape index (κ3) is 10.1. The molecule has 0 aromatic carbocycles. The van der Waals surface area contributed by atoms with E-state index in [9.17, 15) is 4.79 Å². The Balaban J connectivity index is 0.00000400. The van der Waals surface area contributed by atoms with Crippen LogP contribution < -0.4 is 10.6 Å². The molecule has 1 atom stereocenters. The first-order valence-corrected chi connectivity index (χ1v) is 8.20. The van der Waals surface area contributed by atoms with Crippen molar-refractivity contribution in [1.29, 1.82) is 0 Å². The summed E-state index contributed by atoms with van der Waals surface area (Å²) >= 11 is 0. The number of nitrogens with one attached hydrogen (secondary N) is 2. The van der Waals surface area contributed by atoms with Crippen LogP contribution in [0, 0.1) is 17.8 Å². The number of hydrogen-bond acceptors (Lipinski definition) is 3. The summed E-state index contributed by atoms with van der Waals surface area (Å²) in [6, 6.07) is 0. The molecule has 1 rings (SSSR count). The van der Waals surface area contributed by atoms with E-state index in [0.717, 1.165) is 32.4 Å². The topological polar surface area (TPSA) is 61.4 Å². The van der Waals surface area contributed by atoms with Crippen LogP contribution in [-0.4, -0.2) is 37.3 Å². The summed E-state index contributed by atoms with van der Waals surface area (Å²) in [6.07, 6.45) is 5.92. The van der Waals surface area contributed by atoms with E-state index in [2.05, 4.69) is 24.5 Å². The maximum Gasteiger partial charge on any atom is 0.220 e. The average Bonchev–Trinajstić information content (AvgIpc) is 2.43. The Morgan fingerprint density at radius 2 is 2.00 bits per heavy atom. The molecule has 4 nitrogen and oxygen atoms in total. The minimum atomic E-state index is 0. The summed E-state index contributed by atoms with van der Waals surface area (Å²) in [5.41, 5.74) is 0. The number of aliphatic hydroxyl groups excluding tert-OH is 1. The highest BCUT2D eigenvalue weighted by atomic mass is 35.5. The Bertz CT molecular complexity index is 269. The first-order valence-electron chi connectivity index (χ1n) is 8.20. The summed E-state index contributed by atoms with van der Waals surface area (Å²) < 4.78 is 0. The summed E-state index contributed by atoms with van der Waals surface area (Å²) in [6.45, 7) is 7.48.